The van der Waals surface area contributed by atoms with E-state index in [0.717, 1.165) is 18.6 Å². The predicted molar refractivity (Wildman–Crippen MR) is 71.4 cm³/mol. The van der Waals surface area contributed by atoms with Gasteiger partial charge in [-0.1, -0.05) is 18.7 Å². The number of carbonyl (C=O) groups is 2. The lowest BCUT2D eigenvalue weighted by Gasteiger charge is -2.22. The van der Waals surface area contributed by atoms with Gasteiger partial charge >= 0.3 is 5.97 Å². The highest BCUT2D eigenvalue weighted by atomic mass is 32.2. The molecule has 0 spiro atoms. The van der Waals surface area contributed by atoms with E-state index in [1.807, 2.05) is 6.92 Å². The van der Waals surface area contributed by atoms with Gasteiger partial charge in [-0.15, -0.1) is 0 Å². The lowest BCUT2D eigenvalue weighted by molar-refractivity contribution is -0.150. The number of esters is 1. The van der Waals surface area contributed by atoms with Crippen LogP contribution < -0.4 is 0 Å². The van der Waals surface area contributed by atoms with Gasteiger partial charge in [-0.2, -0.15) is 0 Å². The van der Waals surface area contributed by atoms with Gasteiger partial charge in [-0.05, 0) is 19.8 Å². The van der Waals surface area contributed by atoms with Crippen LogP contribution in [0.3, 0.4) is 0 Å². The SMILES string of the molecule is CC[C@H]1O[C@@H](C)C(OC(C)=O)[C@H]1CCSC(C)=O. The Hall–Kier alpha value is -0.550. The van der Waals surface area contributed by atoms with Crippen molar-refractivity contribution < 1.29 is 19.1 Å². The standard InChI is InChI=1S/C13H22O4S/c1-5-12-11(6-7-18-10(4)15)13(8(2)16-12)17-9(3)14/h8,11-13H,5-7H2,1-4H3/t8-,11-,12+,13?/m0/s1. The number of rotatable bonds is 5. The molecule has 104 valence electrons. The van der Waals surface area contributed by atoms with Crippen LogP contribution in [-0.4, -0.2) is 35.1 Å². The highest BCUT2D eigenvalue weighted by molar-refractivity contribution is 8.13. The highest BCUT2D eigenvalue weighted by Gasteiger charge is 2.43. The Kier molecular flexibility index (Phi) is 6.15. The molecule has 1 aliphatic heterocycles. The third-order valence-electron chi connectivity index (χ3n) is 3.21. The van der Waals surface area contributed by atoms with Crippen molar-refractivity contribution >= 4 is 22.8 Å². The Bertz CT molecular complexity index is 305. The second-order valence-electron chi connectivity index (χ2n) is 4.65. The molecule has 1 fully saturated rings. The molecule has 0 amide bonds. The molecule has 0 aromatic carbocycles. The topological polar surface area (TPSA) is 52.6 Å². The zero-order valence-electron chi connectivity index (χ0n) is 11.5. The zero-order chi connectivity index (χ0) is 13.7. The summed E-state index contributed by atoms with van der Waals surface area (Å²) >= 11 is 1.32. The van der Waals surface area contributed by atoms with E-state index in [4.69, 9.17) is 9.47 Å². The van der Waals surface area contributed by atoms with Crippen LogP contribution in [0.4, 0.5) is 0 Å². The normalized spacial score (nSPS) is 31.3. The summed E-state index contributed by atoms with van der Waals surface area (Å²) in [6.07, 6.45) is 1.62. The Morgan fingerprint density at radius 2 is 2.00 bits per heavy atom. The van der Waals surface area contributed by atoms with Crippen LogP contribution in [0.1, 0.15) is 40.5 Å². The summed E-state index contributed by atoms with van der Waals surface area (Å²) in [7, 11) is 0. The zero-order valence-corrected chi connectivity index (χ0v) is 12.3. The van der Waals surface area contributed by atoms with Crippen molar-refractivity contribution in [2.75, 3.05) is 5.75 Å². The van der Waals surface area contributed by atoms with Crippen LogP contribution in [0.15, 0.2) is 0 Å². The minimum Gasteiger partial charge on any atom is -0.459 e. The molecule has 1 saturated heterocycles. The van der Waals surface area contributed by atoms with Crippen LogP contribution in [-0.2, 0) is 19.1 Å². The quantitative estimate of drug-likeness (QED) is 0.721. The summed E-state index contributed by atoms with van der Waals surface area (Å²) in [5.41, 5.74) is 0. The van der Waals surface area contributed by atoms with Crippen LogP contribution in [0.2, 0.25) is 0 Å². The molecule has 4 nitrogen and oxygen atoms in total. The minimum absolute atomic E-state index is 0.0637. The number of carbonyl (C=O) groups excluding carboxylic acids is 2. The maximum absolute atomic E-state index is 11.1. The average Bonchev–Trinajstić information content (AvgIpc) is 2.56. The Labute approximate surface area is 113 Å². The van der Waals surface area contributed by atoms with Crippen molar-refractivity contribution in [3.05, 3.63) is 0 Å². The summed E-state index contributed by atoms with van der Waals surface area (Å²) in [5, 5.41) is 0.124. The summed E-state index contributed by atoms with van der Waals surface area (Å²) in [6, 6.07) is 0. The first kappa shape index (κ1) is 15.5. The summed E-state index contributed by atoms with van der Waals surface area (Å²) < 4.78 is 11.2. The van der Waals surface area contributed by atoms with E-state index in [0.29, 0.717) is 0 Å². The second kappa shape index (κ2) is 7.14. The summed E-state index contributed by atoms with van der Waals surface area (Å²) in [6.45, 7) is 7.00. The molecule has 0 bridgehead atoms. The van der Waals surface area contributed by atoms with Gasteiger partial charge < -0.3 is 9.47 Å². The van der Waals surface area contributed by atoms with Gasteiger partial charge in [0.15, 0.2) is 5.12 Å². The smallest absolute Gasteiger partial charge is 0.303 e. The fraction of sp³-hybridized carbons (Fsp3) is 0.846. The second-order valence-corrected chi connectivity index (χ2v) is 5.93. The average molecular weight is 274 g/mol. The molecule has 18 heavy (non-hydrogen) atoms. The molecule has 0 aromatic heterocycles. The van der Waals surface area contributed by atoms with Gasteiger partial charge in [0.1, 0.15) is 6.10 Å². The van der Waals surface area contributed by atoms with Crippen LogP contribution >= 0.6 is 11.8 Å². The predicted octanol–water partition coefficient (Wildman–Crippen LogP) is 2.40. The maximum atomic E-state index is 11.1. The molecule has 0 saturated carbocycles. The molecule has 1 rings (SSSR count). The fourth-order valence-corrected chi connectivity index (χ4v) is 3.15. The minimum atomic E-state index is -0.267. The number of hydrogen-bond donors (Lipinski definition) is 0. The van der Waals surface area contributed by atoms with Crippen LogP contribution in [0, 0.1) is 5.92 Å². The Morgan fingerprint density at radius 3 is 2.50 bits per heavy atom. The monoisotopic (exact) mass is 274 g/mol. The molecule has 0 radical (unpaired) electrons. The van der Waals surface area contributed by atoms with Crippen molar-refractivity contribution in [2.45, 2.75) is 58.8 Å². The number of ether oxygens (including phenoxy) is 2. The van der Waals surface area contributed by atoms with Crippen molar-refractivity contribution in [3.63, 3.8) is 0 Å². The largest absolute Gasteiger partial charge is 0.459 e. The third kappa shape index (κ3) is 4.28. The van der Waals surface area contributed by atoms with Crippen molar-refractivity contribution in [1.29, 1.82) is 0 Å². The molecule has 4 atom stereocenters. The lowest BCUT2D eigenvalue weighted by atomic mass is 9.92. The highest BCUT2D eigenvalue weighted by Crippen LogP contribution is 2.34. The molecule has 5 heteroatoms. The number of thioether (sulfide) groups is 1. The van der Waals surface area contributed by atoms with Gasteiger partial charge in [-0.25, -0.2) is 0 Å². The molecular weight excluding hydrogens is 252 g/mol. The Balaban J connectivity index is 2.60. The fourth-order valence-electron chi connectivity index (χ4n) is 2.48. The van der Waals surface area contributed by atoms with Crippen molar-refractivity contribution in [3.8, 4) is 0 Å². The van der Waals surface area contributed by atoms with Crippen LogP contribution in [0.5, 0.6) is 0 Å². The molecule has 1 heterocycles. The van der Waals surface area contributed by atoms with Crippen LogP contribution in [0.25, 0.3) is 0 Å². The van der Waals surface area contributed by atoms with Gasteiger partial charge in [0.25, 0.3) is 0 Å². The number of hydrogen-bond acceptors (Lipinski definition) is 5. The molecule has 0 aromatic rings. The molecule has 0 aliphatic carbocycles. The molecule has 0 N–H and O–H groups in total. The van der Waals surface area contributed by atoms with E-state index in [2.05, 4.69) is 6.92 Å². The first-order valence-electron chi connectivity index (χ1n) is 6.41. The summed E-state index contributed by atoms with van der Waals surface area (Å²) in [4.78, 5) is 22.1. The molecular formula is C13H22O4S. The van der Waals surface area contributed by atoms with Crippen molar-refractivity contribution in [1.82, 2.24) is 0 Å². The Morgan fingerprint density at radius 1 is 1.33 bits per heavy atom. The van der Waals surface area contributed by atoms with E-state index in [1.165, 1.54) is 18.7 Å². The van der Waals surface area contributed by atoms with E-state index < -0.39 is 0 Å². The van der Waals surface area contributed by atoms with E-state index in [-0.39, 0.29) is 35.3 Å². The van der Waals surface area contributed by atoms with Gasteiger partial charge in [0.2, 0.25) is 0 Å². The lowest BCUT2D eigenvalue weighted by Crippen LogP contribution is -2.31. The first-order chi connectivity index (χ1) is 8.45. The van der Waals surface area contributed by atoms with E-state index in [9.17, 15) is 9.59 Å². The third-order valence-corrected chi connectivity index (χ3v) is 4.06. The van der Waals surface area contributed by atoms with Gasteiger partial charge in [0.05, 0.1) is 12.2 Å². The van der Waals surface area contributed by atoms with E-state index in [1.54, 1.807) is 6.92 Å². The van der Waals surface area contributed by atoms with Gasteiger partial charge in [-0.3, -0.25) is 9.59 Å². The first-order valence-corrected chi connectivity index (χ1v) is 7.40. The van der Waals surface area contributed by atoms with Gasteiger partial charge in [0, 0.05) is 25.5 Å². The summed E-state index contributed by atoms with van der Waals surface area (Å²) in [5.74, 6) is 0.682. The maximum Gasteiger partial charge on any atom is 0.303 e. The van der Waals surface area contributed by atoms with E-state index >= 15 is 0 Å². The van der Waals surface area contributed by atoms with Crippen molar-refractivity contribution in [2.24, 2.45) is 5.92 Å². The molecule has 1 aliphatic rings. The molecule has 1 unspecified atom stereocenters.